The summed E-state index contributed by atoms with van der Waals surface area (Å²) in [5, 5.41) is 11.0. The second-order valence-electron chi connectivity index (χ2n) is 16.7. The van der Waals surface area contributed by atoms with Crippen LogP contribution in [0.2, 0.25) is 0 Å². The molecule has 0 saturated heterocycles. The van der Waals surface area contributed by atoms with Crippen molar-refractivity contribution in [3.05, 3.63) is 35.9 Å². The molecule has 5 aliphatic carbocycles. The van der Waals surface area contributed by atoms with Crippen molar-refractivity contribution in [1.82, 2.24) is 0 Å². The van der Waals surface area contributed by atoms with Crippen LogP contribution >= 0.6 is 0 Å². The fourth-order valence-electron chi connectivity index (χ4n) is 12.6. The highest BCUT2D eigenvalue weighted by Crippen LogP contribution is 2.77. The van der Waals surface area contributed by atoms with E-state index in [9.17, 15) is 9.90 Å². The molecule has 3 nitrogen and oxygen atoms in total. The van der Waals surface area contributed by atoms with Crippen LogP contribution in [-0.2, 0) is 16.1 Å². The van der Waals surface area contributed by atoms with E-state index in [1.54, 1.807) is 0 Å². The Bertz CT molecular complexity index is 1110. The van der Waals surface area contributed by atoms with Crippen molar-refractivity contribution in [2.45, 2.75) is 125 Å². The molecule has 0 heterocycles. The topological polar surface area (TPSA) is 46.5 Å². The zero-order chi connectivity index (χ0) is 28.7. The molecule has 1 aromatic carbocycles. The number of aliphatic hydroxyl groups is 1. The second-order valence-corrected chi connectivity index (χ2v) is 16.7. The van der Waals surface area contributed by atoms with Gasteiger partial charge < -0.3 is 9.84 Å². The van der Waals surface area contributed by atoms with E-state index in [1.165, 1.54) is 32.1 Å². The van der Waals surface area contributed by atoms with Gasteiger partial charge in [0.2, 0.25) is 0 Å². The average molecular weight is 549 g/mol. The molecular weight excluding hydrogens is 492 g/mol. The lowest BCUT2D eigenvalue weighted by Gasteiger charge is -2.72. The average Bonchev–Trinajstić information content (AvgIpc) is 3.32. The number of fused-ring (bicyclic) bond motifs is 7. The van der Waals surface area contributed by atoms with Crippen LogP contribution in [0, 0.1) is 62.6 Å². The number of ether oxygens (including phenoxy) is 1. The van der Waals surface area contributed by atoms with Crippen molar-refractivity contribution < 1.29 is 14.6 Å². The minimum absolute atomic E-state index is 0.00942. The number of hydrogen-bond acceptors (Lipinski definition) is 3. The number of carbonyl (C=O) groups excluding carboxylic acids is 1. The summed E-state index contributed by atoms with van der Waals surface area (Å²) in [7, 11) is 0. The van der Waals surface area contributed by atoms with Crippen molar-refractivity contribution in [3.63, 3.8) is 0 Å². The summed E-state index contributed by atoms with van der Waals surface area (Å²) >= 11 is 0. The molecule has 0 aromatic heterocycles. The van der Waals surface area contributed by atoms with E-state index in [0.29, 0.717) is 47.5 Å². The van der Waals surface area contributed by atoms with Crippen LogP contribution in [0.3, 0.4) is 0 Å². The maximum Gasteiger partial charge on any atom is 0.312 e. The van der Waals surface area contributed by atoms with Crippen LogP contribution in [0.4, 0.5) is 0 Å². The molecule has 5 saturated carbocycles. The zero-order valence-electron chi connectivity index (χ0n) is 26.5. The normalized spacial score (nSPS) is 47.5. The number of rotatable bonds is 4. The molecule has 0 bridgehead atoms. The summed E-state index contributed by atoms with van der Waals surface area (Å²) in [5.74, 6) is 3.60. The first kappa shape index (κ1) is 28.8. The third-order valence-electron chi connectivity index (χ3n) is 14.9. The molecule has 0 spiro atoms. The van der Waals surface area contributed by atoms with Crippen molar-refractivity contribution in [2.24, 2.45) is 62.6 Å². The number of benzene rings is 1. The van der Waals surface area contributed by atoms with Crippen LogP contribution in [-0.4, -0.2) is 17.2 Å². The van der Waals surface area contributed by atoms with Crippen molar-refractivity contribution >= 4 is 5.97 Å². The highest BCUT2D eigenvalue weighted by Gasteiger charge is 2.72. The fraction of sp³-hybridized carbons (Fsp3) is 0.811. The Labute approximate surface area is 244 Å². The molecule has 3 unspecified atom stereocenters. The molecule has 5 fully saturated rings. The van der Waals surface area contributed by atoms with E-state index in [4.69, 9.17) is 4.74 Å². The van der Waals surface area contributed by atoms with Crippen LogP contribution in [0.5, 0.6) is 0 Å². The van der Waals surface area contributed by atoms with Gasteiger partial charge >= 0.3 is 5.97 Å². The van der Waals surface area contributed by atoms with E-state index in [2.05, 4.69) is 60.6 Å². The van der Waals surface area contributed by atoms with Gasteiger partial charge in [-0.25, -0.2) is 0 Å². The summed E-state index contributed by atoms with van der Waals surface area (Å²) in [6.45, 7) is 17.8. The molecule has 40 heavy (non-hydrogen) atoms. The number of hydrogen-bond donors (Lipinski definition) is 1. The first-order chi connectivity index (χ1) is 18.8. The Morgan fingerprint density at radius 2 is 1.57 bits per heavy atom. The molecule has 0 aliphatic heterocycles. The summed E-state index contributed by atoms with van der Waals surface area (Å²) in [5.41, 5.74) is 1.58. The van der Waals surface area contributed by atoms with Crippen molar-refractivity contribution in [1.29, 1.82) is 0 Å². The van der Waals surface area contributed by atoms with E-state index >= 15 is 0 Å². The number of aliphatic hydroxyl groups excluding tert-OH is 1. The first-order valence-corrected chi connectivity index (χ1v) is 16.7. The minimum atomic E-state index is -0.310. The van der Waals surface area contributed by atoms with Crippen LogP contribution in [0.15, 0.2) is 30.3 Å². The van der Waals surface area contributed by atoms with Gasteiger partial charge in [-0.2, -0.15) is 0 Å². The lowest BCUT2D eigenvalue weighted by Crippen LogP contribution is -2.67. The first-order valence-electron chi connectivity index (χ1n) is 16.7. The van der Waals surface area contributed by atoms with Crippen molar-refractivity contribution in [3.8, 4) is 0 Å². The lowest BCUT2D eigenvalue weighted by molar-refractivity contribution is -0.250. The fourth-order valence-corrected chi connectivity index (χ4v) is 12.6. The van der Waals surface area contributed by atoms with Gasteiger partial charge in [-0.15, -0.1) is 0 Å². The molecule has 0 amide bonds. The number of carbonyl (C=O) groups is 1. The molecule has 1 aromatic rings. The van der Waals surface area contributed by atoms with Gasteiger partial charge in [0.1, 0.15) is 6.61 Å². The Hall–Kier alpha value is -1.35. The highest BCUT2D eigenvalue weighted by atomic mass is 16.5. The van der Waals surface area contributed by atoms with Gasteiger partial charge in [0, 0.05) is 0 Å². The molecule has 1 N–H and O–H groups in total. The monoisotopic (exact) mass is 548 g/mol. The van der Waals surface area contributed by atoms with Gasteiger partial charge in [-0.05, 0) is 127 Å². The zero-order valence-corrected chi connectivity index (χ0v) is 26.5. The molecule has 10 atom stereocenters. The second kappa shape index (κ2) is 9.58. The summed E-state index contributed by atoms with van der Waals surface area (Å²) < 4.78 is 6.20. The standard InChI is InChI=1S/C37H56O3/c1-24(2)26-15-20-37(32(39)40-23-25-11-9-8-10-12-25)22-21-35(6)27(31(26)37)13-14-29-34(5)18-17-30(38)33(3,4)28(34)16-19-36(29,35)7/h8-12,24,26-31,38H,13-23H2,1-7H3/t26-,27?,28?,29?,30-,31-,34-,35+,36+,37-/m0/s1. The maximum atomic E-state index is 14.2. The minimum Gasteiger partial charge on any atom is -0.460 e. The molecule has 0 radical (unpaired) electrons. The summed E-state index contributed by atoms with van der Waals surface area (Å²) in [6.07, 6.45) is 11.3. The van der Waals surface area contributed by atoms with E-state index in [1.807, 2.05) is 18.2 Å². The molecule has 6 rings (SSSR count). The smallest absolute Gasteiger partial charge is 0.312 e. The van der Waals surface area contributed by atoms with Crippen LogP contribution in [0.25, 0.3) is 0 Å². The van der Waals surface area contributed by atoms with Gasteiger partial charge in [-0.3, -0.25) is 4.79 Å². The summed E-state index contributed by atoms with van der Waals surface area (Å²) in [6, 6.07) is 10.2. The van der Waals surface area contributed by atoms with E-state index in [0.717, 1.165) is 37.7 Å². The highest BCUT2D eigenvalue weighted by molar-refractivity contribution is 5.78. The predicted molar refractivity (Wildman–Crippen MR) is 161 cm³/mol. The van der Waals surface area contributed by atoms with E-state index < -0.39 is 0 Å². The van der Waals surface area contributed by atoms with Gasteiger partial charge in [0.25, 0.3) is 0 Å². The molecule has 5 aliphatic rings. The van der Waals surface area contributed by atoms with Crippen LogP contribution in [0.1, 0.15) is 118 Å². The largest absolute Gasteiger partial charge is 0.460 e. The van der Waals surface area contributed by atoms with Crippen LogP contribution < -0.4 is 0 Å². The van der Waals surface area contributed by atoms with Gasteiger partial charge in [0.15, 0.2) is 0 Å². The number of esters is 1. The molecule has 3 heteroatoms. The maximum absolute atomic E-state index is 14.2. The predicted octanol–water partition coefficient (Wildman–Crippen LogP) is 8.83. The third kappa shape index (κ3) is 3.80. The van der Waals surface area contributed by atoms with E-state index in [-0.39, 0.29) is 33.7 Å². The summed E-state index contributed by atoms with van der Waals surface area (Å²) in [4.78, 5) is 14.2. The molecular formula is C37H56O3. The Morgan fingerprint density at radius 3 is 2.27 bits per heavy atom. The Morgan fingerprint density at radius 1 is 0.850 bits per heavy atom. The molecule has 222 valence electrons. The Kier molecular flexibility index (Phi) is 6.89. The van der Waals surface area contributed by atoms with Gasteiger partial charge in [0.05, 0.1) is 11.5 Å². The lowest BCUT2D eigenvalue weighted by atomic mass is 9.32. The van der Waals surface area contributed by atoms with Crippen molar-refractivity contribution in [2.75, 3.05) is 0 Å². The SMILES string of the molecule is CC(C)[C@@H]1CC[C@]2(C(=O)OCc3ccccc3)CC[C@]3(C)C(CCC4[C@@]5(C)CC[C@H](O)C(C)(C)C5CC[C@]43C)[C@H]12. The third-order valence-corrected chi connectivity index (χ3v) is 14.9. The quantitative estimate of drug-likeness (QED) is 0.382. The van der Waals surface area contributed by atoms with Gasteiger partial charge in [-0.1, -0.05) is 78.8 Å². The Balaban J connectivity index is 1.33.